The first kappa shape index (κ1) is 11.0. The molecular weight excluding hydrogens is 204 g/mol. The molecule has 0 radical (unpaired) electrons. The smallest absolute Gasteiger partial charge is 0.276 e. The molecule has 1 fully saturated rings. The molecule has 0 spiro atoms. The van der Waals surface area contributed by atoms with Crippen molar-refractivity contribution in [2.75, 3.05) is 23.7 Å². The fourth-order valence-electron chi connectivity index (χ4n) is 2.01. The Balaban J connectivity index is 2.18. The Morgan fingerprint density at radius 1 is 1.62 bits per heavy atom. The van der Waals surface area contributed by atoms with E-state index in [1.165, 1.54) is 25.6 Å². The summed E-state index contributed by atoms with van der Waals surface area (Å²) in [7, 11) is 0. The second kappa shape index (κ2) is 4.55. The van der Waals surface area contributed by atoms with Crippen LogP contribution >= 0.6 is 0 Å². The van der Waals surface area contributed by atoms with Crippen LogP contribution in [-0.4, -0.2) is 23.1 Å². The highest BCUT2D eigenvalue weighted by Gasteiger charge is 2.22. The molecule has 88 valence electrons. The van der Waals surface area contributed by atoms with Crippen molar-refractivity contribution in [3.8, 4) is 0 Å². The van der Waals surface area contributed by atoms with Gasteiger partial charge in [0.05, 0.1) is 6.33 Å². The summed E-state index contributed by atoms with van der Waals surface area (Å²) in [6, 6.07) is 0. The van der Waals surface area contributed by atoms with E-state index in [1.54, 1.807) is 0 Å². The van der Waals surface area contributed by atoms with Crippen molar-refractivity contribution < 1.29 is 0 Å². The third-order valence-electron chi connectivity index (χ3n) is 3.25. The number of aromatic nitrogens is 2. The number of nitrogens with two attached hydrogens (primary N) is 1. The highest BCUT2D eigenvalue weighted by molar-refractivity contribution is 5.60. The molecule has 0 saturated heterocycles. The van der Waals surface area contributed by atoms with Crippen molar-refractivity contribution in [2.45, 2.75) is 26.2 Å². The molecule has 3 N–H and O–H groups in total. The summed E-state index contributed by atoms with van der Waals surface area (Å²) >= 11 is 0. The fourth-order valence-corrected chi connectivity index (χ4v) is 2.01. The molecule has 1 aliphatic rings. The number of nitrogens with zero attached hydrogens (tertiary/aromatic N) is 2. The van der Waals surface area contributed by atoms with E-state index >= 15 is 0 Å². The maximum Gasteiger partial charge on any atom is 0.276 e. The fraction of sp³-hybridized carbons (Fsp3) is 0.636. The van der Waals surface area contributed by atoms with E-state index < -0.39 is 0 Å². The van der Waals surface area contributed by atoms with Gasteiger partial charge in [-0.15, -0.1) is 0 Å². The summed E-state index contributed by atoms with van der Waals surface area (Å²) in [5.41, 5.74) is 5.72. The number of H-pyrrole nitrogens is 1. The van der Waals surface area contributed by atoms with E-state index in [-0.39, 0.29) is 11.2 Å². The van der Waals surface area contributed by atoms with Gasteiger partial charge in [-0.25, -0.2) is 4.98 Å². The van der Waals surface area contributed by atoms with Crippen molar-refractivity contribution in [1.29, 1.82) is 0 Å². The Morgan fingerprint density at radius 3 is 2.94 bits per heavy atom. The van der Waals surface area contributed by atoms with Crippen LogP contribution < -0.4 is 16.2 Å². The van der Waals surface area contributed by atoms with Gasteiger partial charge >= 0.3 is 0 Å². The Bertz CT molecular complexity index is 411. The largest absolute Gasteiger partial charge is 0.391 e. The first-order chi connectivity index (χ1) is 7.72. The highest BCUT2D eigenvalue weighted by Crippen LogP contribution is 2.29. The predicted molar refractivity (Wildman–Crippen MR) is 64.5 cm³/mol. The normalized spacial score (nSPS) is 15.8. The average Bonchev–Trinajstić information content (AvgIpc) is 2.22. The van der Waals surface area contributed by atoms with Crippen LogP contribution in [0.15, 0.2) is 11.1 Å². The van der Waals surface area contributed by atoms with Crippen molar-refractivity contribution >= 4 is 11.5 Å². The SMILES string of the molecule is CCN(CC1CCC1)c1nc[nH]c(=O)c1N. The lowest BCUT2D eigenvalue weighted by Crippen LogP contribution is -2.34. The van der Waals surface area contributed by atoms with Crippen molar-refractivity contribution in [3.63, 3.8) is 0 Å². The van der Waals surface area contributed by atoms with Gasteiger partial charge in [0.2, 0.25) is 0 Å². The lowest BCUT2D eigenvalue weighted by molar-refractivity contribution is 0.318. The van der Waals surface area contributed by atoms with Gasteiger partial charge in [0.25, 0.3) is 5.56 Å². The number of rotatable bonds is 4. The standard InChI is InChI=1S/C11H18N4O/c1-2-15(6-8-4-3-5-8)10-9(12)11(16)14-7-13-10/h7-8H,2-6,12H2,1H3,(H,13,14,16). The number of nitrogen functional groups attached to an aromatic ring is 1. The van der Waals surface area contributed by atoms with E-state index in [9.17, 15) is 4.79 Å². The maximum absolute atomic E-state index is 11.4. The lowest BCUT2D eigenvalue weighted by atomic mass is 9.85. The molecule has 0 amide bonds. The molecule has 0 aromatic carbocycles. The molecule has 1 saturated carbocycles. The quantitative estimate of drug-likeness (QED) is 0.796. The summed E-state index contributed by atoms with van der Waals surface area (Å²) in [5.74, 6) is 1.36. The molecule has 1 aliphatic carbocycles. The molecule has 0 aliphatic heterocycles. The van der Waals surface area contributed by atoms with Crippen LogP contribution in [0.5, 0.6) is 0 Å². The van der Waals surface area contributed by atoms with E-state index in [0.717, 1.165) is 19.0 Å². The molecule has 1 heterocycles. The zero-order valence-corrected chi connectivity index (χ0v) is 9.57. The Kier molecular flexibility index (Phi) is 3.12. The van der Waals surface area contributed by atoms with E-state index in [1.807, 2.05) is 0 Å². The van der Waals surface area contributed by atoms with Gasteiger partial charge in [-0.3, -0.25) is 4.79 Å². The van der Waals surface area contributed by atoms with E-state index in [0.29, 0.717) is 5.82 Å². The Labute approximate surface area is 94.7 Å². The second-order valence-corrected chi connectivity index (χ2v) is 4.30. The molecular formula is C11H18N4O. The minimum absolute atomic E-state index is 0.226. The average molecular weight is 222 g/mol. The van der Waals surface area contributed by atoms with Crippen LogP contribution in [0, 0.1) is 5.92 Å². The van der Waals surface area contributed by atoms with Crippen molar-refractivity contribution in [2.24, 2.45) is 5.92 Å². The van der Waals surface area contributed by atoms with Crippen molar-refractivity contribution in [3.05, 3.63) is 16.7 Å². The summed E-state index contributed by atoms with van der Waals surface area (Å²) < 4.78 is 0. The molecule has 5 nitrogen and oxygen atoms in total. The molecule has 0 unspecified atom stereocenters. The Hall–Kier alpha value is -1.52. The molecule has 0 bridgehead atoms. The third-order valence-corrected chi connectivity index (χ3v) is 3.25. The van der Waals surface area contributed by atoms with E-state index in [2.05, 4.69) is 21.8 Å². The number of anilines is 2. The summed E-state index contributed by atoms with van der Waals surface area (Å²) in [4.78, 5) is 20.1. The van der Waals surface area contributed by atoms with Crippen LogP contribution in [-0.2, 0) is 0 Å². The Morgan fingerprint density at radius 2 is 2.38 bits per heavy atom. The van der Waals surface area contributed by atoms with Gasteiger partial charge in [0.15, 0.2) is 5.82 Å². The minimum atomic E-state index is -0.253. The molecule has 1 aromatic heterocycles. The van der Waals surface area contributed by atoms with Gasteiger partial charge < -0.3 is 15.6 Å². The molecule has 1 aromatic rings. The van der Waals surface area contributed by atoms with Crippen LogP contribution in [0.1, 0.15) is 26.2 Å². The number of nitrogens with one attached hydrogen (secondary N) is 1. The van der Waals surface area contributed by atoms with Gasteiger partial charge in [-0.1, -0.05) is 6.42 Å². The third kappa shape index (κ3) is 2.03. The first-order valence-corrected chi connectivity index (χ1v) is 5.80. The van der Waals surface area contributed by atoms with Crippen LogP contribution in [0.4, 0.5) is 11.5 Å². The first-order valence-electron chi connectivity index (χ1n) is 5.80. The van der Waals surface area contributed by atoms with Gasteiger partial charge in [0.1, 0.15) is 5.69 Å². The highest BCUT2D eigenvalue weighted by atomic mass is 16.1. The summed E-state index contributed by atoms with van der Waals surface area (Å²) in [6.45, 7) is 3.84. The second-order valence-electron chi connectivity index (χ2n) is 4.30. The summed E-state index contributed by atoms with van der Waals surface area (Å²) in [5, 5.41) is 0. The lowest BCUT2D eigenvalue weighted by Gasteiger charge is -2.32. The minimum Gasteiger partial charge on any atom is -0.391 e. The number of hydrogen-bond donors (Lipinski definition) is 2. The number of hydrogen-bond acceptors (Lipinski definition) is 4. The van der Waals surface area contributed by atoms with Crippen LogP contribution in [0.3, 0.4) is 0 Å². The molecule has 2 rings (SSSR count). The zero-order chi connectivity index (χ0) is 11.5. The van der Waals surface area contributed by atoms with Gasteiger partial charge in [-0.2, -0.15) is 0 Å². The summed E-state index contributed by atoms with van der Waals surface area (Å²) in [6.07, 6.45) is 5.29. The molecule has 5 heteroatoms. The molecule has 16 heavy (non-hydrogen) atoms. The van der Waals surface area contributed by atoms with E-state index in [4.69, 9.17) is 5.73 Å². The van der Waals surface area contributed by atoms with Crippen LogP contribution in [0.2, 0.25) is 0 Å². The zero-order valence-electron chi connectivity index (χ0n) is 9.57. The monoisotopic (exact) mass is 222 g/mol. The molecule has 0 atom stereocenters. The predicted octanol–water partition coefficient (Wildman–Crippen LogP) is 0.978. The van der Waals surface area contributed by atoms with Gasteiger partial charge in [-0.05, 0) is 25.7 Å². The topological polar surface area (TPSA) is 75.0 Å². The number of aromatic amines is 1. The van der Waals surface area contributed by atoms with Crippen molar-refractivity contribution in [1.82, 2.24) is 9.97 Å². The maximum atomic E-state index is 11.4. The van der Waals surface area contributed by atoms with Gasteiger partial charge in [0, 0.05) is 13.1 Å². The van der Waals surface area contributed by atoms with Crippen LogP contribution in [0.25, 0.3) is 0 Å².